The molecule has 0 spiro atoms. The molecule has 0 amide bonds. The minimum atomic E-state index is 0.518. The lowest BCUT2D eigenvalue weighted by Gasteiger charge is -2.33. The second kappa shape index (κ2) is 5.38. The third-order valence-electron chi connectivity index (χ3n) is 4.61. The number of hydrogen-bond donors (Lipinski definition) is 2. The highest BCUT2D eigenvalue weighted by Crippen LogP contribution is 2.35. The third kappa shape index (κ3) is 2.84. The lowest BCUT2D eigenvalue weighted by molar-refractivity contribution is 0.207. The molecular formula is C17H24N2. The van der Waals surface area contributed by atoms with Gasteiger partial charge in [-0.3, -0.25) is 0 Å². The molecule has 0 bridgehead atoms. The fraction of sp³-hybridized carbons (Fsp3) is 0.529. The van der Waals surface area contributed by atoms with E-state index in [1.807, 2.05) is 6.20 Å². The molecule has 102 valence electrons. The number of hydrogen-bond acceptors (Lipinski definition) is 1. The number of H-pyrrole nitrogens is 1. The number of benzene rings is 1. The largest absolute Gasteiger partial charge is 0.361 e. The Labute approximate surface area is 115 Å². The Hall–Kier alpha value is -1.28. The van der Waals surface area contributed by atoms with Gasteiger partial charge in [0.15, 0.2) is 0 Å². The zero-order valence-electron chi connectivity index (χ0n) is 11.8. The van der Waals surface area contributed by atoms with Crippen LogP contribution in [-0.4, -0.2) is 11.5 Å². The Morgan fingerprint density at radius 2 is 2.00 bits per heavy atom. The van der Waals surface area contributed by atoms with Crippen LogP contribution in [0.15, 0.2) is 30.5 Å². The summed E-state index contributed by atoms with van der Waals surface area (Å²) in [6, 6.07) is 8.68. The van der Waals surface area contributed by atoms with Crippen LogP contribution in [0.2, 0.25) is 0 Å². The van der Waals surface area contributed by atoms with Crippen LogP contribution in [0.5, 0.6) is 0 Å². The second-order valence-corrected chi connectivity index (χ2v) is 6.33. The van der Waals surface area contributed by atoms with Gasteiger partial charge in [-0.15, -0.1) is 0 Å². The molecule has 1 aromatic heterocycles. The maximum absolute atomic E-state index is 3.68. The Balaban J connectivity index is 1.61. The minimum Gasteiger partial charge on any atom is -0.361 e. The molecule has 3 rings (SSSR count). The maximum Gasteiger partial charge on any atom is 0.0457 e. The zero-order chi connectivity index (χ0) is 13.1. The normalized spacial score (nSPS) is 18.8. The summed E-state index contributed by atoms with van der Waals surface area (Å²) in [5.74, 6) is 0. The van der Waals surface area contributed by atoms with Gasteiger partial charge in [0.25, 0.3) is 0 Å². The van der Waals surface area contributed by atoms with E-state index in [-0.39, 0.29) is 0 Å². The summed E-state index contributed by atoms with van der Waals surface area (Å²) >= 11 is 0. The van der Waals surface area contributed by atoms with Gasteiger partial charge in [-0.1, -0.05) is 38.3 Å². The minimum absolute atomic E-state index is 0.518. The van der Waals surface area contributed by atoms with Crippen molar-refractivity contribution in [3.05, 3.63) is 36.0 Å². The number of rotatable bonds is 4. The van der Waals surface area contributed by atoms with Crippen molar-refractivity contribution < 1.29 is 0 Å². The molecule has 2 N–H and O–H groups in total. The van der Waals surface area contributed by atoms with Crippen LogP contribution in [-0.2, 0) is 6.54 Å². The summed E-state index contributed by atoms with van der Waals surface area (Å²) in [6.07, 6.45) is 9.04. The first-order chi connectivity index (χ1) is 9.27. The van der Waals surface area contributed by atoms with E-state index in [4.69, 9.17) is 0 Å². The molecule has 0 aliphatic heterocycles. The summed E-state index contributed by atoms with van der Waals surface area (Å²) in [7, 11) is 0. The third-order valence-corrected chi connectivity index (χ3v) is 4.61. The molecule has 0 saturated heterocycles. The van der Waals surface area contributed by atoms with E-state index < -0.39 is 0 Å². The van der Waals surface area contributed by atoms with Gasteiger partial charge in [0.05, 0.1) is 0 Å². The van der Waals surface area contributed by atoms with Gasteiger partial charge in [0, 0.05) is 30.2 Å². The lowest BCUT2D eigenvalue weighted by Crippen LogP contribution is -2.33. The smallest absolute Gasteiger partial charge is 0.0457 e. The molecule has 1 heterocycles. The molecule has 0 unspecified atom stereocenters. The summed E-state index contributed by atoms with van der Waals surface area (Å²) in [4.78, 5) is 3.28. The number of nitrogens with one attached hydrogen (secondary N) is 2. The molecule has 0 radical (unpaired) electrons. The van der Waals surface area contributed by atoms with Gasteiger partial charge in [0.1, 0.15) is 0 Å². The van der Waals surface area contributed by atoms with E-state index in [2.05, 4.69) is 41.5 Å². The van der Waals surface area contributed by atoms with E-state index in [1.54, 1.807) is 0 Å². The van der Waals surface area contributed by atoms with E-state index in [1.165, 1.54) is 48.6 Å². The first-order valence-electron chi connectivity index (χ1n) is 7.53. The van der Waals surface area contributed by atoms with Crippen LogP contribution < -0.4 is 5.32 Å². The second-order valence-electron chi connectivity index (χ2n) is 6.33. The summed E-state index contributed by atoms with van der Waals surface area (Å²) in [6.45, 7) is 4.56. The molecule has 2 nitrogen and oxygen atoms in total. The standard InChI is InChI=1S/C17H24N2/c1-17(9-3-2-4-10-17)13-18-12-14-6-5-7-16-15(14)8-11-19-16/h5-8,11,18-19H,2-4,9-10,12-13H2,1H3. The van der Waals surface area contributed by atoms with Crippen LogP contribution in [0.1, 0.15) is 44.6 Å². The van der Waals surface area contributed by atoms with Gasteiger partial charge in [0.2, 0.25) is 0 Å². The number of aromatic nitrogens is 1. The van der Waals surface area contributed by atoms with Crippen molar-refractivity contribution in [2.24, 2.45) is 5.41 Å². The van der Waals surface area contributed by atoms with Gasteiger partial charge in [-0.25, -0.2) is 0 Å². The highest BCUT2D eigenvalue weighted by atomic mass is 14.9. The average Bonchev–Trinajstić information content (AvgIpc) is 2.88. The van der Waals surface area contributed by atoms with Crippen LogP contribution in [0.3, 0.4) is 0 Å². The summed E-state index contributed by atoms with van der Waals surface area (Å²) in [5, 5.41) is 5.03. The SMILES string of the molecule is CC1(CNCc2cccc3[nH]ccc23)CCCCC1. The Morgan fingerprint density at radius 1 is 1.16 bits per heavy atom. The fourth-order valence-corrected chi connectivity index (χ4v) is 3.39. The highest BCUT2D eigenvalue weighted by molar-refractivity contribution is 5.82. The van der Waals surface area contributed by atoms with Gasteiger partial charge in [-0.05, 0) is 36.0 Å². The maximum atomic E-state index is 3.68. The summed E-state index contributed by atoms with van der Waals surface area (Å²) in [5.41, 5.74) is 3.16. The summed E-state index contributed by atoms with van der Waals surface area (Å²) < 4.78 is 0. The molecule has 1 aromatic carbocycles. The monoisotopic (exact) mass is 256 g/mol. The van der Waals surface area contributed by atoms with E-state index in [0.29, 0.717) is 5.41 Å². The molecule has 1 aliphatic rings. The average molecular weight is 256 g/mol. The van der Waals surface area contributed by atoms with Gasteiger partial charge < -0.3 is 10.3 Å². The van der Waals surface area contributed by atoms with Gasteiger partial charge >= 0.3 is 0 Å². The van der Waals surface area contributed by atoms with Crippen LogP contribution >= 0.6 is 0 Å². The lowest BCUT2D eigenvalue weighted by atomic mass is 9.76. The van der Waals surface area contributed by atoms with Crippen LogP contribution in [0, 0.1) is 5.41 Å². The predicted octanol–water partition coefficient (Wildman–Crippen LogP) is 4.23. The number of aromatic amines is 1. The fourth-order valence-electron chi connectivity index (χ4n) is 3.39. The topological polar surface area (TPSA) is 27.8 Å². The zero-order valence-corrected chi connectivity index (χ0v) is 11.8. The molecule has 1 fully saturated rings. The molecular weight excluding hydrogens is 232 g/mol. The first-order valence-corrected chi connectivity index (χ1v) is 7.53. The van der Waals surface area contributed by atoms with E-state index in [0.717, 1.165) is 13.1 Å². The first kappa shape index (κ1) is 12.7. The van der Waals surface area contributed by atoms with Crippen molar-refractivity contribution in [1.29, 1.82) is 0 Å². The molecule has 1 saturated carbocycles. The van der Waals surface area contributed by atoms with Crippen molar-refractivity contribution in [1.82, 2.24) is 10.3 Å². The quantitative estimate of drug-likeness (QED) is 0.842. The van der Waals surface area contributed by atoms with Crippen molar-refractivity contribution in [3.8, 4) is 0 Å². The Morgan fingerprint density at radius 3 is 2.84 bits per heavy atom. The number of fused-ring (bicyclic) bond motifs is 1. The Kier molecular flexibility index (Phi) is 3.61. The molecule has 1 aliphatic carbocycles. The van der Waals surface area contributed by atoms with E-state index in [9.17, 15) is 0 Å². The van der Waals surface area contributed by atoms with Crippen molar-refractivity contribution in [3.63, 3.8) is 0 Å². The van der Waals surface area contributed by atoms with E-state index >= 15 is 0 Å². The highest BCUT2D eigenvalue weighted by Gasteiger charge is 2.25. The predicted molar refractivity (Wildman–Crippen MR) is 81.2 cm³/mol. The van der Waals surface area contributed by atoms with Crippen molar-refractivity contribution in [2.75, 3.05) is 6.54 Å². The van der Waals surface area contributed by atoms with Crippen LogP contribution in [0.25, 0.3) is 10.9 Å². The molecule has 2 aromatic rings. The molecule has 19 heavy (non-hydrogen) atoms. The van der Waals surface area contributed by atoms with Crippen molar-refractivity contribution in [2.45, 2.75) is 45.6 Å². The molecule has 0 atom stereocenters. The van der Waals surface area contributed by atoms with Crippen molar-refractivity contribution >= 4 is 10.9 Å². The molecule has 2 heteroatoms. The Bertz CT molecular complexity index is 535. The van der Waals surface area contributed by atoms with Gasteiger partial charge in [-0.2, -0.15) is 0 Å². The van der Waals surface area contributed by atoms with Crippen LogP contribution in [0.4, 0.5) is 0 Å².